The van der Waals surface area contributed by atoms with Gasteiger partial charge in [0.05, 0.1) is 18.8 Å². The highest BCUT2D eigenvalue weighted by molar-refractivity contribution is 5.92. The summed E-state index contributed by atoms with van der Waals surface area (Å²) in [6, 6.07) is 23.7. The molecule has 224 valence electrons. The molecule has 0 spiro atoms. The Hall–Kier alpha value is -4.67. The number of carbonyl (C=O) groups is 3. The van der Waals surface area contributed by atoms with Gasteiger partial charge in [-0.3, -0.25) is 14.6 Å². The van der Waals surface area contributed by atoms with Crippen LogP contribution >= 0.6 is 0 Å². The first-order valence-corrected chi connectivity index (χ1v) is 14.6. The summed E-state index contributed by atoms with van der Waals surface area (Å²) in [7, 11) is 1.76. The van der Waals surface area contributed by atoms with Crippen LogP contribution in [0.1, 0.15) is 41.6 Å². The van der Waals surface area contributed by atoms with Gasteiger partial charge in [0.1, 0.15) is 12.2 Å². The summed E-state index contributed by atoms with van der Waals surface area (Å²) in [6.07, 6.45) is 1.90. The Balaban J connectivity index is 1.49. The number of fused-ring (bicyclic) bond motifs is 1. The molecule has 2 fully saturated rings. The predicted octanol–water partition coefficient (Wildman–Crippen LogP) is 3.73. The smallest absolute Gasteiger partial charge is 0.332 e. The Morgan fingerprint density at radius 3 is 2.40 bits per heavy atom. The van der Waals surface area contributed by atoms with E-state index in [1.807, 2.05) is 90.8 Å². The van der Waals surface area contributed by atoms with Crippen molar-refractivity contribution in [2.45, 2.75) is 38.6 Å². The SMILES string of the molecule is C=Cc1cccc(CN2C[C@H]3N(C(=O)CN3N(CCC)C(=O)NCc3ccccc3)[C@@H](c3ccccc3)C2=O)c1N(C)N. The van der Waals surface area contributed by atoms with Crippen molar-refractivity contribution in [2.24, 2.45) is 5.84 Å². The number of hydrogen-bond donors (Lipinski definition) is 2. The first-order valence-electron chi connectivity index (χ1n) is 14.6. The minimum Gasteiger partial charge on any atom is -0.333 e. The lowest BCUT2D eigenvalue weighted by atomic mass is 9.99. The van der Waals surface area contributed by atoms with Gasteiger partial charge in [0.2, 0.25) is 5.91 Å². The highest BCUT2D eigenvalue weighted by atomic mass is 16.2. The molecule has 2 aliphatic heterocycles. The molecule has 10 nitrogen and oxygen atoms in total. The molecule has 0 unspecified atom stereocenters. The lowest BCUT2D eigenvalue weighted by Crippen LogP contribution is -2.63. The van der Waals surface area contributed by atoms with Crippen LogP contribution < -0.4 is 16.2 Å². The number of amides is 4. The number of nitrogens with zero attached hydrogens (tertiary/aromatic N) is 5. The number of para-hydroxylation sites is 1. The second-order valence-corrected chi connectivity index (χ2v) is 10.8. The summed E-state index contributed by atoms with van der Waals surface area (Å²) in [6.45, 7) is 7.20. The molecule has 0 bridgehead atoms. The van der Waals surface area contributed by atoms with Gasteiger partial charge in [0.25, 0.3) is 5.91 Å². The zero-order chi connectivity index (χ0) is 30.5. The number of benzene rings is 3. The van der Waals surface area contributed by atoms with Crippen molar-refractivity contribution in [1.82, 2.24) is 25.1 Å². The van der Waals surface area contributed by atoms with E-state index in [9.17, 15) is 14.4 Å². The maximum absolute atomic E-state index is 14.2. The molecule has 2 saturated heterocycles. The van der Waals surface area contributed by atoms with Crippen LogP contribution in [0.25, 0.3) is 6.08 Å². The van der Waals surface area contributed by atoms with Crippen LogP contribution in [-0.4, -0.2) is 70.5 Å². The second kappa shape index (κ2) is 13.1. The molecule has 4 amide bonds. The van der Waals surface area contributed by atoms with Crippen LogP contribution in [-0.2, 0) is 22.7 Å². The van der Waals surface area contributed by atoms with E-state index in [-0.39, 0.29) is 37.5 Å². The fraction of sp³-hybridized carbons (Fsp3) is 0.303. The quantitative estimate of drug-likeness (QED) is 0.279. The molecule has 3 aromatic carbocycles. The third-order valence-corrected chi connectivity index (χ3v) is 7.92. The molecule has 10 heteroatoms. The van der Waals surface area contributed by atoms with Crippen molar-refractivity contribution >= 4 is 29.6 Å². The number of nitrogens with two attached hydrogens (primary N) is 1. The molecule has 2 aliphatic rings. The van der Waals surface area contributed by atoms with Crippen molar-refractivity contribution in [1.29, 1.82) is 0 Å². The van der Waals surface area contributed by atoms with Crippen molar-refractivity contribution in [3.63, 3.8) is 0 Å². The zero-order valence-electron chi connectivity index (χ0n) is 24.7. The van der Waals surface area contributed by atoms with E-state index in [0.717, 1.165) is 27.9 Å². The number of urea groups is 1. The number of carbonyl (C=O) groups excluding carboxylic acids is 3. The van der Waals surface area contributed by atoms with Crippen LogP contribution in [0.3, 0.4) is 0 Å². The summed E-state index contributed by atoms with van der Waals surface area (Å²) in [5.41, 5.74) is 4.20. The summed E-state index contributed by atoms with van der Waals surface area (Å²) in [5.74, 6) is 5.85. The average Bonchev–Trinajstić information content (AvgIpc) is 3.34. The minimum atomic E-state index is -0.824. The van der Waals surface area contributed by atoms with E-state index in [1.54, 1.807) is 27.9 Å². The van der Waals surface area contributed by atoms with Gasteiger partial charge in [-0.1, -0.05) is 98.4 Å². The summed E-state index contributed by atoms with van der Waals surface area (Å²) >= 11 is 0. The number of rotatable bonds is 10. The third-order valence-electron chi connectivity index (χ3n) is 7.92. The van der Waals surface area contributed by atoms with Gasteiger partial charge in [-0.05, 0) is 28.7 Å². The Kier molecular flexibility index (Phi) is 9.08. The number of hydrogen-bond acceptors (Lipinski definition) is 6. The minimum absolute atomic E-state index is 0.00336. The highest BCUT2D eigenvalue weighted by Crippen LogP contribution is 2.37. The predicted molar refractivity (Wildman–Crippen MR) is 167 cm³/mol. The largest absolute Gasteiger partial charge is 0.333 e. The maximum atomic E-state index is 14.2. The summed E-state index contributed by atoms with van der Waals surface area (Å²) in [4.78, 5) is 44.9. The number of anilines is 1. The van der Waals surface area contributed by atoms with Gasteiger partial charge in [0, 0.05) is 26.7 Å². The van der Waals surface area contributed by atoms with Crippen molar-refractivity contribution in [2.75, 3.05) is 31.7 Å². The zero-order valence-corrected chi connectivity index (χ0v) is 24.7. The number of hydrazine groups is 2. The van der Waals surface area contributed by atoms with E-state index in [1.165, 1.54) is 5.01 Å². The normalized spacial score (nSPS) is 18.4. The molecule has 0 aliphatic carbocycles. The lowest BCUT2D eigenvalue weighted by molar-refractivity contribution is -0.158. The average molecular weight is 582 g/mol. The van der Waals surface area contributed by atoms with Gasteiger partial charge >= 0.3 is 6.03 Å². The third kappa shape index (κ3) is 6.11. The van der Waals surface area contributed by atoms with E-state index in [4.69, 9.17) is 5.84 Å². The van der Waals surface area contributed by atoms with Gasteiger partial charge in [0.15, 0.2) is 0 Å². The Morgan fingerprint density at radius 1 is 1.05 bits per heavy atom. The maximum Gasteiger partial charge on any atom is 0.332 e. The molecule has 3 N–H and O–H groups in total. The highest BCUT2D eigenvalue weighted by Gasteiger charge is 2.52. The van der Waals surface area contributed by atoms with Crippen LogP contribution in [0, 0.1) is 0 Å². The van der Waals surface area contributed by atoms with Gasteiger partial charge in [-0.25, -0.2) is 10.6 Å². The van der Waals surface area contributed by atoms with Crippen LogP contribution in [0.2, 0.25) is 0 Å². The molecule has 2 atom stereocenters. The Morgan fingerprint density at radius 2 is 1.74 bits per heavy atom. The van der Waals surface area contributed by atoms with Crippen LogP contribution in [0.5, 0.6) is 0 Å². The van der Waals surface area contributed by atoms with E-state index >= 15 is 0 Å². The summed E-state index contributed by atoms with van der Waals surface area (Å²) < 4.78 is 0. The van der Waals surface area contributed by atoms with E-state index in [0.29, 0.717) is 19.5 Å². The topological polar surface area (TPSA) is 105 Å². The van der Waals surface area contributed by atoms with Crippen LogP contribution in [0.4, 0.5) is 10.5 Å². The molecule has 0 saturated carbocycles. The molecule has 2 heterocycles. The van der Waals surface area contributed by atoms with Gasteiger partial charge < -0.3 is 20.1 Å². The fourth-order valence-electron chi connectivity index (χ4n) is 6.00. The molecule has 0 radical (unpaired) electrons. The van der Waals surface area contributed by atoms with E-state index in [2.05, 4.69) is 11.9 Å². The summed E-state index contributed by atoms with van der Waals surface area (Å²) in [5, 5.41) is 7.99. The first kappa shape index (κ1) is 29.8. The lowest BCUT2D eigenvalue weighted by Gasteiger charge is -2.46. The van der Waals surface area contributed by atoms with Crippen molar-refractivity contribution in [3.05, 3.63) is 108 Å². The molecular weight excluding hydrogens is 542 g/mol. The molecule has 43 heavy (non-hydrogen) atoms. The first-order chi connectivity index (χ1) is 20.8. The van der Waals surface area contributed by atoms with Crippen LogP contribution in [0.15, 0.2) is 85.4 Å². The monoisotopic (exact) mass is 581 g/mol. The van der Waals surface area contributed by atoms with Crippen molar-refractivity contribution in [3.8, 4) is 0 Å². The number of nitrogens with one attached hydrogen (secondary N) is 1. The van der Waals surface area contributed by atoms with E-state index < -0.39 is 12.2 Å². The molecular formula is C33H39N7O3. The fourth-order valence-corrected chi connectivity index (χ4v) is 6.00. The Bertz CT molecular complexity index is 1460. The van der Waals surface area contributed by atoms with Crippen molar-refractivity contribution < 1.29 is 14.4 Å². The van der Waals surface area contributed by atoms with Gasteiger partial charge in [-0.15, -0.1) is 0 Å². The molecule has 5 rings (SSSR count). The molecule has 3 aromatic rings. The standard InChI is InChI=1S/C33H39N7O3/c1-4-19-38(33(43)35-20-24-13-8-6-9-14-24)39-23-29(41)40-28(39)22-37(32(42)31(40)26-15-10-7-11-16-26)21-27-18-12-17-25(5-2)30(27)36(3)34/h5-18,28,31H,2,4,19-23,34H2,1,3H3,(H,35,43)/t28-,31+/m1/s1. The van der Waals surface area contributed by atoms with Gasteiger partial charge in [-0.2, -0.15) is 5.01 Å². The molecule has 0 aromatic heterocycles. The Labute approximate surface area is 252 Å². The number of piperazine rings is 1. The second-order valence-electron chi connectivity index (χ2n) is 10.8.